The minimum atomic E-state index is -0.422. The monoisotopic (exact) mass is 478 g/mol. The van der Waals surface area contributed by atoms with Gasteiger partial charge in [-0.15, -0.1) is 0 Å². The molecule has 2 aromatic carbocycles. The van der Waals surface area contributed by atoms with Gasteiger partial charge in [0, 0.05) is 49.4 Å². The number of carbonyl (C=O) groups excluding carboxylic acids is 1. The quantitative estimate of drug-likeness (QED) is 0.384. The largest absolute Gasteiger partial charge is 0.497 e. The van der Waals surface area contributed by atoms with Crippen LogP contribution in [0.2, 0.25) is 0 Å². The molecule has 0 atom stereocenters. The van der Waals surface area contributed by atoms with Gasteiger partial charge < -0.3 is 19.5 Å². The summed E-state index contributed by atoms with van der Waals surface area (Å²) in [6, 6.07) is 12.3. The Morgan fingerprint density at radius 2 is 1.91 bits per heavy atom. The third-order valence-electron chi connectivity index (χ3n) is 6.24. The van der Waals surface area contributed by atoms with Gasteiger partial charge in [0.25, 0.3) is 11.6 Å². The Bertz CT molecular complexity index is 1220. The van der Waals surface area contributed by atoms with Crippen molar-refractivity contribution in [3.8, 4) is 17.1 Å². The Balaban J connectivity index is 1.20. The molecule has 1 aliphatic carbocycles. The van der Waals surface area contributed by atoms with E-state index in [4.69, 9.17) is 9.26 Å². The molecule has 3 aromatic rings. The molecular weight excluding hydrogens is 452 g/mol. The summed E-state index contributed by atoms with van der Waals surface area (Å²) in [6.07, 6.45) is 1.92. The number of ether oxygens (including phenoxy) is 1. The molecule has 35 heavy (non-hydrogen) atoms. The molecule has 11 heteroatoms. The molecule has 0 spiro atoms. The van der Waals surface area contributed by atoms with E-state index in [0.29, 0.717) is 55.7 Å². The summed E-state index contributed by atoms with van der Waals surface area (Å²) < 4.78 is 10.6. The van der Waals surface area contributed by atoms with Gasteiger partial charge >= 0.3 is 0 Å². The average Bonchev–Trinajstić information content (AvgIpc) is 3.58. The molecule has 11 nitrogen and oxygen atoms in total. The first kappa shape index (κ1) is 22.8. The molecule has 2 heterocycles. The van der Waals surface area contributed by atoms with Crippen LogP contribution in [0.5, 0.6) is 5.75 Å². The summed E-state index contributed by atoms with van der Waals surface area (Å²) >= 11 is 0. The Morgan fingerprint density at radius 1 is 1.17 bits per heavy atom. The molecule has 0 unspecified atom stereocenters. The molecule has 2 fully saturated rings. The zero-order chi connectivity index (χ0) is 24.4. The Morgan fingerprint density at radius 3 is 2.57 bits per heavy atom. The van der Waals surface area contributed by atoms with Crippen LogP contribution < -0.4 is 15.0 Å². The highest BCUT2D eigenvalue weighted by molar-refractivity contribution is 5.96. The maximum Gasteiger partial charge on any atom is 0.293 e. The maximum atomic E-state index is 12.3. The van der Waals surface area contributed by atoms with Crippen LogP contribution >= 0.6 is 0 Å². The number of hydrogen-bond donors (Lipinski definition) is 1. The molecule has 1 aliphatic heterocycles. The minimum Gasteiger partial charge on any atom is -0.497 e. The maximum absolute atomic E-state index is 12.3. The molecule has 1 saturated carbocycles. The van der Waals surface area contributed by atoms with Crippen molar-refractivity contribution in [1.29, 1.82) is 0 Å². The van der Waals surface area contributed by atoms with E-state index in [1.54, 1.807) is 19.2 Å². The highest BCUT2D eigenvalue weighted by atomic mass is 16.6. The van der Waals surface area contributed by atoms with Gasteiger partial charge in [0.2, 0.25) is 11.7 Å². The summed E-state index contributed by atoms with van der Waals surface area (Å²) in [4.78, 5) is 32.3. The van der Waals surface area contributed by atoms with Crippen LogP contribution in [0.1, 0.15) is 29.1 Å². The van der Waals surface area contributed by atoms with Gasteiger partial charge in [0.05, 0.1) is 18.6 Å². The molecule has 0 bridgehead atoms. The second kappa shape index (κ2) is 9.71. The van der Waals surface area contributed by atoms with Crippen LogP contribution in [0.3, 0.4) is 0 Å². The topological polar surface area (TPSA) is 127 Å². The third-order valence-corrected chi connectivity index (χ3v) is 6.24. The van der Waals surface area contributed by atoms with Crippen LogP contribution in [0, 0.1) is 10.1 Å². The van der Waals surface area contributed by atoms with Gasteiger partial charge in [-0.25, -0.2) is 0 Å². The number of rotatable bonds is 8. The zero-order valence-corrected chi connectivity index (χ0v) is 19.3. The van der Waals surface area contributed by atoms with Crippen molar-refractivity contribution in [2.75, 3.05) is 38.2 Å². The lowest BCUT2D eigenvalue weighted by Crippen LogP contribution is -2.46. The van der Waals surface area contributed by atoms with Crippen LogP contribution in [-0.2, 0) is 6.54 Å². The summed E-state index contributed by atoms with van der Waals surface area (Å²) in [5.41, 5.74) is 1.63. The lowest BCUT2D eigenvalue weighted by atomic mass is 10.1. The number of nitrogens with zero attached hydrogens (tertiary/aromatic N) is 5. The number of benzene rings is 2. The van der Waals surface area contributed by atoms with Gasteiger partial charge in [0.15, 0.2) is 0 Å². The SMILES string of the molecule is COc1ccc(-c2noc(CN3CCN(c4ccc(C(=O)NC5CC5)cc4[N+](=O)[O-])CC3)n2)cc1. The number of hydrogen-bond acceptors (Lipinski definition) is 9. The predicted octanol–water partition coefficient (Wildman–Crippen LogP) is 2.87. The first-order valence-corrected chi connectivity index (χ1v) is 11.5. The fraction of sp³-hybridized carbons (Fsp3) is 0.375. The van der Waals surface area contributed by atoms with Crippen molar-refractivity contribution in [2.45, 2.75) is 25.4 Å². The smallest absolute Gasteiger partial charge is 0.293 e. The van der Waals surface area contributed by atoms with Crippen molar-refractivity contribution < 1.29 is 19.0 Å². The van der Waals surface area contributed by atoms with E-state index in [1.807, 2.05) is 29.2 Å². The van der Waals surface area contributed by atoms with E-state index in [1.165, 1.54) is 6.07 Å². The van der Waals surface area contributed by atoms with E-state index in [2.05, 4.69) is 20.4 Å². The van der Waals surface area contributed by atoms with Gasteiger partial charge in [-0.3, -0.25) is 19.8 Å². The summed E-state index contributed by atoms with van der Waals surface area (Å²) in [5, 5.41) is 18.7. The lowest BCUT2D eigenvalue weighted by Gasteiger charge is -2.35. The van der Waals surface area contributed by atoms with Crippen molar-refractivity contribution in [3.63, 3.8) is 0 Å². The molecule has 1 aromatic heterocycles. The van der Waals surface area contributed by atoms with Crippen LogP contribution in [-0.4, -0.2) is 65.2 Å². The number of methoxy groups -OCH3 is 1. The molecule has 2 aliphatic rings. The fourth-order valence-corrected chi connectivity index (χ4v) is 4.09. The molecule has 1 N–H and O–H groups in total. The lowest BCUT2D eigenvalue weighted by molar-refractivity contribution is -0.384. The van der Waals surface area contributed by atoms with E-state index in [-0.39, 0.29) is 17.6 Å². The predicted molar refractivity (Wildman–Crippen MR) is 127 cm³/mol. The number of piperazine rings is 1. The normalized spacial score (nSPS) is 16.2. The number of nitro groups is 1. The standard InChI is InChI=1S/C24H26N6O5/c1-34-19-7-2-16(3-8-19)23-26-22(35-27-23)15-28-10-12-29(13-11-28)20-9-4-17(14-21(20)30(32)33)24(31)25-18-5-6-18/h2-4,7-9,14,18H,5-6,10-13,15H2,1H3,(H,25,31). The summed E-state index contributed by atoms with van der Waals surface area (Å²) in [7, 11) is 1.61. The zero-order valence-electron chi connectivity index (χ0n) is 19.3. The van der Waals surface area contributed by atoms with Crippen LogP contribution in [0.15, 0.2) is 47.0 Å². The molecule has 1 amide bonds. The Hall–Kier alpha value is -3.99. The van der Waals surface area contributed by atoms with Crippen molar-refractivity contribution in [3.05, 3.63) is 64.0 Å². The van der Waals surface area contributed by atoms with E-state index in [9.17, 15) is 14.9 Å². The fourth-order valence-electron chi connectivity index (χ4n) is 4.09. The van der Waals surface area contributed by atoms with Crippen LogP contribution in [0.25, 0.3) is 11.4 Å². The van der Waals surface area contributed by atoms with Gasteiger partial charge in [0.1, 0.15) is 11.4 Å². The van der Waals surface area contributed by atoms with Gasteiger partial charge in [-0.1, -0.05) is 5.16 Å². The van der Waals surface area contributed by atoms with E-state index in [0.717, 1.165) is 24.2 Å². The average molecular weight is 479 g/mol. The number of aromatic nitrogens is 2. The Labute approximate surface area is 201 Å². The van der Waals surface area contributed by atoms with E-state index < -0.39 is 4.92 Å². The van der Waals surface area contributed by atoms with E-state index >= 15 is 0 Å². The molecule has 1 saturated heterocycles. The number of nitrogens with one attached hydrogen (secondary N) is 1. The molecule has 182 valence electrons. The first-order chi connectivity index (χ1) is 17.0. The summed E-state index contributed by atoms with van der Waals surface area (Å²) in [5.74, 6) is 1.52. The summed E-state index contributed by atoms with van der Waals surface area (Å²) in [6.45, 7) is 3.07. The van der Waals surface area contributed by atoms with Crippen molar-refractivity contribution >= 4 is 17.3 Å². The molecule has 5 rings (SSSR count). The van der Waals surface area contributed by atoms with Crippen molar-refractivity contribution in [1.82, 2.24) is 20.4 Å². The van der Waals surface area contributed by atoms with Gasteiger partial charge in [-0.05, 0) is 49.2 Å². The second-order valence-electron chi connectivity index (χ2n) is 8.71. The second-order valence-corrected chi connectivity index (χ2v) is 8.71. The molecule has 0 radical (unpaired) electrons. The first-order valence-electron chi connectivity index (χ1n) is 11.5. The highest BCUT2D eigenvalue weighted by Gasteiger charge is 2.28. The minimum absolute atomic E-state index is 0.0528. The number of nitro benzene ring substituents is 1. The van der Waals surface area contributed by atoms with Crippen LogP contribution in [0.4, 0.5) is 11.4 Å². The Kier molecular flexibility index (Phi) is 6.32. The molecular formula is C24H26N6O5. The third kappa shape index (κ3) is 5.24. The highest BCUT2D eigenvalue weighted by Crippen LogP contribution is 2.31. The van der Waals surface area contributed by atoms with Crippen molar-refractivity contribution in [2.24, 2.45) is 0 Å². The van der Waals surface area contributed by atoms with Gasteiger partial charge in [-0.2, -0.15) is 4.98 Å². The number of anilines is 1. The number of amides is 1. The number of carbonyl (C=O) groups is 1.